The van der Waals surface area contributed by atoms with Crippen LogP contribution in [0.15, 0.2) is 12.3 Å². The van der Waals surface area contributed by atoms with Crippen LogP contribution in [-0.4, -0.2) is 9.97 Å². The Morgan fingerprint density at radius 1 is 1.40 bits per heavy atom. The lowest BCUT2D eigenvalue weighted by Gasteiger charge is -2.25. The molecule has 2 saturated carbocycles. The van der Waals surface area contributed by atoms with Crippen molar-refractivity contribution in [2.45, 2.75) is 43.4 Å². The van der Waals surface area contributed by atoms with E-state index in [4.69, 9.17) is 5.26 Å². The second-order valence-corrected chi connectivity index (χ2v) is 4.63. The van der Waals surface area contributed by atoms with Crippen LogP contribution in [0.3, 0.4) is 0 Å². The SMILES string of the molecule is N#CC1(c2nccc(C3CCC3)n2)CC1. The van der Waals surface area contributed by atoms with E-state index in [0.717, 1.165) is 24.4 Å². The van der Waals surface area contributed by atoms with E-state index < -0.39 is 0 Å². The molecule has 1 aromatic rings. The van der Waals surface area contributed by atoms with E-state index in [0.29, 0.717) is 5.92 Å². The minimum atomic E-state index is -0.334. The van der Waals surface area contributed by atoms with Crippen LogP contribution in [-0.2, 0) is 5.41 Å². The molecule has 0 amide bonds. The fourth-order valence-electron chi connectivity index (χ4n) is 2.05. The second-order valence-electron chi connectivity index (χ2n) is 4.63. The van der Waals surface area contributed by atoms with Gasteiger partial charge in [-0.25, -0.2) is 9.97 Å². The Morgan fingerprint density at radius 3 is 2.73 bits per heavy atom. The van der Waals surface area contributed by atoms with Gasteiger partial charge < -0.3 is 0 Å². The van der Waals surface area contributed by atoms with Gasteiger partial charge in [0.2, 0.25) is 0 Å². The van der Waals surface area contributed by atoms with Crippen LogP contribution < -0.4 is 0 Å². The largest absolute Gasteiger partial charge is 0.240 e. The summed E-state index contributed by atoms with van der Waals surface area (Å²) in [5.41, 5.74) is 0.813. The Labute approximate surface area is 89.2 Å². The first kappa shape index (κ1) is 8.84. The summed E-state index contributed by atoms with van der Waals surface area (Å²) >= 11 is 0. The molecule has 0 atom stereocenters. The quantitative estimate of drug-likeness (QED) is 0.734. The molecule has 0 unspecified atom stereocenters. The zero-order valence-corrected chi connectivity index (χ0v) is 8.61. The highest BCUT2D eigenvalue weighted by molar-refractivity contribution is 5.30. The first-order valence-electron chi connectivity index (χ1n) is 5.59. The normalized spacial score (nSPS) is 22.9. The molecule has 0 saturated heterocycles. The van der Waals surface area contributed by atoms with E-state index in [1.54, 1.807) is 0 Å². The van der Waals surface area contributed by atoms with Gasteiger partial charge in [0.1, 0.15) is 11.2 Å². The Balaban J connectivity index is 1.93. The van der Waals surface area contributed by atoms with Crippen LogP contribution in [0.5, 0.6) is 0 Å². The zero-order chi connectivity index (χ0) is 10.3. The lowest BCUT2D eigenvalue weighted by Crippen LogP contribution is -2.15. The van der Waals surface area contributed by atoms with Crippen molar-refractivity contribution in [1.82, 2.24) is 9.97 Å². The third-order valence-corrected chi connectivity index (χ3v) is 3.59. The summed E-state index contributed by atoms with van der Waals surface area (Å²) in [5.74, 6) is 1.38. The molecule has 2 fully saturated rings. The predicted molar refractivity (Wildman–Crippen MR) is 55.1 cm³/mol. The van der Waals surface area contributed by atoms with Crippen LogP contribution in [0.2, 0.25) is 0 Å². The Morgan fingerprint density at radius 2 is 2.20 bits per heavy atom. The summed E-state index contributed by atoms with van der Waals surface area (Å²) in [6.07, 6.45) is 7.47. The zero-order valence-electron chi connectivity index (χ0n) is 8.61. The molecular formula is C12H13N3. The maximum Gasteiger partial charge on any atom is 0.148 e. The van der Waals surface area contributed by atoms with E-state index in [1.165, 1.54) is 19.3 Å². The molecule has 76 valence electrons. The molecule has 2 aliphatic carbocycles. The molecule has 15 heavy (non-hydrogen) atoms. The summed E-state index contributed by atoms with van der Waals surface area (Å²) in [6.45, 7) is 0. The van der Waals surface area contributed by atoms with Gasteiger partial charge in [-0.2, -0.15) is 5.26 Å². The fourth-order valence-corrected chi connectivity index (χ4v) is 2.05. The molecule has 0 radical (unpaired) electrons. The van der Waals surface area contributed by atoms with Gasteiger partial charge >= 0.3 is 0 Å². The lowest BCUT2D eigenvalue weighted by molar-refractivity contribution is 0.409. The molecule has 0 aliphatic heterocycles. The van der Waals surface area contributed by atoms with Crippen molar-refractivity contribution in [3.63, 3.8) is 0 Å². The van der Waals surface area contributed by atoms with Gasteiger partial charge in [-0.15, -0.1) is 0 Å². The average molecular weight is 199 g/mol. The number of aromatic nitrogens is 2. The molecule has 0 aromatic carbocycles. The summed E-state index contributed by atoms with van der Waals surface area (Å²) in [7, 11) is 0. The monoisotopic (exact) mass is 199 g/mol. The van der Waals surface area contributed by atoms with E-state index in [-0.39, 0.29) is 5.41 Å². The molecule has 3 nitrogen and oxygen atoms in total. The minimum absolute atomic E-state index is 0.334. The Kier molecular flexibility index (Phi) is 1.79. The number of rotatable bonds is 2. The van der Waals surface area contributed by atoms with Gasteiger partial charge in [-0.1, -0.05) is 6.42 Å². The van der Waals surface area contributed by atoms with Gasteiger partial charge in [-0.3, -0.25) is 0 Å². The molecule has 0 spiro atoms. The van der Waals surface area contributed by atoms with Gasteiger partial charge in [-0.05, 0) is 31.7 Å². The van der Waals surface area contributed by atoms with E-state index in [1.807, 2.05) is 12.3 Å². The van der Waals surface area contributed by atoms with Crippen molar-refractivity contribution < 1.29 is 0 Å². The van der Waals surface area contributed by atoms with Gasteiger partial charge in [0.05, 0.1) is 6.07 Å². The lowest BCUT2D eigenvalue weighted by atomic mass is 9.83. The van der Waals surface area contributed by atoms with E-state index >= 15 is 0 Å². The van der Waals surface area contributed by atoms with Gasteiger partial charge in [0, 0.05) is 17.8 Å². The van der Waals surface area contributed by atoms with Crippen molar-refractivity contribution in [2.75, 3.05) is 0 Å². The maximum absolute atomic E-state index is 9.08. The summed E-state index contributed by atoms with van der Waals surface area (Å²) in [4.78, 5) is 8.82. The topological polar surface area (TPSA) is 49.6 Å². The Hall–Kier alpha value is -1.43. The molecule has 0 bridgehead atoms. The molecule has 1 aromatic heterocycles. The van der Waals surface area contributed by atoms with Crippen molar-refractivity contribution in [1.29, 1.82) is 5.26 Å². The van der Waals surface area contributed by atoms with Gasteiger partial charge in [0.15, 0.2) is 0 Å². The van der Waals surface area contributed by atoms with E-state index in [2.05, 4.69) is 16.0 Å². The predicted octanol–water partition coefficient (Wildman–Crippen LogP) is 2.30. The van der Waals surface area contributed by atoms with Crippen LogP contribution >= 0.6 is 0 Å². The number of nitriles is 1. The molecule has 2 aliphatic rings. The second kappa shape index (κ2) is 3.03. The highest BCUT2D eigenvalue weighted by Gasteiger charge is 2.48. The third kappa shape index (κ3) is 1.32. The number of hydrogen-bond acceptors (Lipinski definition) is 3. The summed E-state index contributed by atoms with van der Waals surface area (Å²) in [5, 5.41) is 9.08. The van der Waals surface area contributed by atoms with Crippen molar-refractivity contribution in [3.8, 4) is 6.07 Å². The Bertz CT molecular complexity index is 425. The average Bonchev–Trinajstić information content (AvgIpc) is 2.96. The summed E-state index contributed by atoms with van der Waals surface area (Å²) in [6, 6.07) is 4.35. The van der Waals surface area contributed by atoms with Crippen LogP contribution in [0.4, 0.5) is 0 Å². The highest BCUT2D eigenvalue weighted by atomic mass is 14.9. The molecule has 3 rings (SSSR count). The van der Waals surface area contributed by atoms with Crippen LogP contribution in [0.25, 0.3) is 0 Å². The molecular weight excluding hydrogens is 186 g/mol. The van der Waals surface area contributed by atoms with E-state index in [9.17, 15) is 0 Å². The summed E-state index contributed by atoms with van der Waals surface area (Å²) < 4.78 is 0. The molecule has 3 heteroatoms. The smallest absolute Gasteiger partial charge is 0.148 e. The van der Waals surface area contributed by atoms with Crippen LogP contribution in [0, 0.1) is 11.3 Å². The molecule has 1 heterocycles. The van der Waals surface area contributed by atoms with Crippen molar-refractivity contribution >= 4 is 0 Å². The third-order valence-electron chi connectivity index (χ3n) is 3.59. The number of hydrogen-bond donors (Lipinski definition) is 0. The number of nitrogens with zero attached hydrogens (tertiary/aromatic N) is 3. The highest BCUT2D eigenvalue weighted by Crippen LogP contribution is 2.46. The standard InChI is InChI=1S/C12H13N3/c13-8-12(5-6-12)11-14-7-4-10(15-11)9-2-1-3-9/h4,7,9H,1-3,5-6H2. The molecule has 0 N–H and O–H groups in total. The minimum Gasteiger partial charge on any atom is -0.240 e. The van der Waals surface area contributed by atoms with Gasteiger partial charge in [0.25, 0.3) is 0 Å². The van der Waals surface area contributed by atoms with Crippen molar-refractivity contribution in [2.24, 2.45) is 0 Å². The fraction of sp³-hybridized carbons (Fsp3) is 0.583. The maximum atomic E-state index is 9.08. The first-order chi connectivity index (χ1) is 7.34. The first-order valence-corrected chi connectivity index (χ1v) is 5.59. The van der Waals surface area contributed by atoms with Crippen LogP contribution in [0.1, 0.15) is 49.5 Å². The van der Waals surface area contributed by atoms with Crippen molar-refractivity contribution in [3.05, 3.63) is 23.8 Å².